The van der Waals surface area contributed by atoms with Gasteiger partial charge in [-0.25, -0.2) is 0 Å². The molecule has 18 heavy (non-hydrogen) atoms. The normalized spacial score (nSPS) is 18.2. The number of rotatable bonds is 5. The molecule has 1 unspecified atom stereocenters. The lowest BCUT2D eigenvalue weighted by molar-refractivity contribution is -0.139. The molecule has 0 aliphatic heterocycles. The number of hydrogen-bond acceptors (Lipinski definition) is 4. The van der Waals surface area contributed by atoms with Gasteiger partial charge < -0.3 is 9.64 Å². The molecule has 4 nitrogen and oxygen atoms in total. The van der Waals surface area contributed by atoms with Crippen LogP contribution >= 0.6 is 11.8 Å². The Hall–Kier alpha value is -0.710. The van der Waals surface area contributed by atoms with Crippen molar-refractivity contribution in [2.45, 2.75) is 50.3 Å². The van der Waals surface area contributed by atoms with Gasteiger partial charge in [0, 0.05) is 13.1 Å². The molecule has 1 amide bonds. The highest BCUT2D eigenvalue weighted by Gasteiger charge is 2.23. The fraction of sp³-hybridized carbons (Fsp3) is 0.846. The van der Waals surface area contributed by atoms with Gasteiger partial charge in [0.05, 0.1) is 12.9 Å². The zero-order chi connectivity index (χ0) is 13.5. The SMILES string of the molecule is COC(=O)C(C)SCC(=O)N(C)C1CCCCC1. The number of esters is 1. The van der Waals surface area contributed by atoms with Crippen molar-refractivity contribution in [2.24, 2.45) is 0 Å². The summed E-state index contributed by atoms with van der Waals surface area (Å²) in [6.07, 6.45) is 5.94. The van der Waals surface area contributed by atoms with Gasteiger partial charge >= 0.3 is 5.97 Å². The molecule has 5 heteroatoms. The van der Waals surface area contributed by atoms with Gasteiger partial charge in [-0.15, -0.1) is 11.8 Å². The topological polar surface area (TPSA) is 46.6 Å². The Balaban J connectivity index is 2.33. The minimum Gasteiger partial charge on any atom is -0.468 e. The van der Waals surface area contributed by atoms with Gasteiger partial charge in [-0.1, -0.05) is 19.3 Å². The van der Waals surface area contributed by atoms with Gasteiger partial charge in [-0.3, -0.25) is 9.59 Å². The van der Waals surface area contributed by atoms with E-state index in [1.165, 1.54) is 38.1 Å². The van der Waals surface area contributed by atoms with E-state index in [0.717, 1.165) is 12.8 Å². The van der Waals surface area contributed by atoms with Crippen molar-refractivity contribution in [2.75, 3.05) is 19.9 Å². The number of carbonyl (C=O) groups excluding carboxylic acids is 2. The van der Waals surface area contributed by atoms with Gasteiger partial charge in [0.15, 0.2) is 0 Å². The Kier molecular flexibility index (Phi) is 6.54. The molecule has 0 aromatic carbocycles. The van der Waals surface area contributed by atoms with Crippen molar-refractivity contribution in [3.8, 4) is 0 Å². The molecule has 1 atom stereocenters. The Morgan fingerprint density at radius 2 is 1.94 bits per heavy atom. The summed E-state index contributed by atoms with van der Waals surface area (Å²) in [6.45, 7) is 1.77. The van der Waals surface area contributed by atoms with Crippen molar-refractivity contribution in [3.05, 3.63) is 0 Å². The standard InChI is InChI=1S/C13H23NO3S/c1-10(13(16)17-3)18-9-12(15)14(2)11-7-5-4-6-8-11/h10-11H,4-9H2,1-3H3. The number of ether oxygens (including phenoxy) is 1. The van der Waals surface area contributed by atoms with Gasteiger partial charge in [0.2, 0.25) is 5.91 Å². The fourth-order valence-electron chi connectivity index (χ4n) is 2.20. The fourth-order valence-corrected chi connectivity index (χ4v) is 3.03. The highest BCUT2D eigenvalue weighted by Crippen LogP contribution is 2.22. The first-order valence-corrected chi connectivity index (χ1v) is 7.56. The second-order valence-corrected chi connectivity index (χ2v) is 6.10. The van der Waals surface area contributed by atoms with E-state index in [1.54, 1.807) is 6.92 Å². The number of amides is 1. The van der Waals surface area contributed by atoms with Crippen molar-refractivity contribution >= 4 is 23.6 Å². The lowest BCUT2D eigenvalue weighted by Crippen LogP contribution is -2.39. The molecule has 1 aliphatic rings. The summed E-state index contributed by atoms with van der Waals surface area (Å²) in [5, 5.41) is -0.279. The summed E-state index contributed by atoms with van der Waals surface area (Å²) in [7, 11) is 3.25. The van der Waals surface area contributed by atoms with Crippen LogP contribution in [0.3, 0.4) is 0 Å². The second-order valence-electron chi connectivity index (χ2n) is 4.77. The summed E-state index contributed by atoms with van der Waals surface area (Å²) in [4.78, 5) is 25.1. The van der Waals surface area contributed by atoms with Crippen molar-refractivity contribution in [1.29, 1.82) is 0 Å². The zero-order valence-corrected chi connectivity index (χ0v) is 12.3. The van der Waals surface area contributed by atoms with E-state index in [9.17, 15) is 9.59 Å². The molecule has 1 aliphatic carbocycles. The van der Waals surface area contributed by atoms with Crippen LogP contribution in [0.25, 0.3) is 0 Å². The highest BCUT2D eigenvalue weighted by molar-refractivity contribution is 8.01. The van der Waals surface area contributed by atoms with Crippen LogP contribution in [0.15, 0.2) is 0 Å². The van der Waals surface area contributed by atoms with Crippen LogP contribution in [0.4, 0.5) is 0 Å². The lowest BCUT2D eigenvalue weighted by atomic mass is 9.94. The van der Waals surface area contributed by atoms with Gasteiger partial charge in [-0.2, -0.15) is 0 Å². The Bertz CT molecular complexity index is 290. The van der Waals surface area contributed by atoms with E-state index in [4.69, 9.17) is 0 Å². The Morgan fingerprint density at radius 3 is 2.50 bits per heavy atom. The van der Waals surface area contributed by atoms with E-state index in [2.05, 4.69) is 4.74 Å². The van der Waals surface area contributed by atoms with E-state index >= 15 is 0 Å². The predicted octanol–water partition coefficient (Wildman–Crippen LogP) is 2.07. The van der Waals surface area contributed by atoms with E-state index in [0.29, 0.717) is 11.8 Å². The minimum absolute atomic E-state index is 0.114. The van der Waals surface area contributed by atoms with Crippen molar-refractivity contribution in [1.82, 2.24) is 4.90 Å². The monoisotopic (exact) mass is 273 g/mol. The number of carbonyl (C=O) groups is 2. The van der Waals surface area contributed by atoms with Crippen LogP contribution in [0.5, 0.6) is 0 Å². The summed E-state index contributed by atoms with van der Waals surface area (Å²) in [6, 6.07) is 0.389. The molecule has 104 valence electrons. The second kappa shape index (κ2) is 7.67. The zero-order valence-electron chi connectivity index (χ0n) is 11.5. The number of hydrogen-bond donors (Lipinski definition) is 0. The highest BCUT2D eigenvalue weighted by atomic mass is 32.2. The van der Waals surface area contributed by atoms with Gasteiger partial charge in [0.1, 0.15) is 5.25 Å². The third-order valence-electron chi connectivity index (χ3n) is 3.51. The van der Waals surface area contributed by atoms with E-state index in [-0.39, 0.29) is 17.1 Å². The van der Waals surface area contributed by atoms with E-state index in [1.807, 2.05) is 11.9 Å². The molecule has 0 aromatic heterocycles. The summed E-state index contributed by atoms with van der Waals surface area (Å²) in [5.41, 5.74) is 0. The molecular formula is C13H23NO3S. The average Bonchev–Trinajstić information content (AvgIpc) is 2.43. The van der Waals surface area contributed by atoms with Crippen molar-refractivity contribution < 1.29 is 14.3 Å². The van der Waals surface area contributed by atoms with Gasteiger partial charge in [-0.05, 0) is 19.8 Å². The predicted molar refractivity (Wildman–Crippen MR) is 73.6 cm³/mol. The Morgan fingerprint density at radius 1 is 1.33 bits per heavy atom. The summed E-state index contributed by atoms with van der Waals surface area (Å²) in [5.74, 6) is 0.194. The first-order chi connectivity index (χ1) is 8.56. The number of thioether (sulfide) groups is 1. The Labute approximate surface area is 113 Å². The largest absolute Gasteiger partial charge is 0.468 e. The molecule has 1 saturated carbocycles. The maximum Gasteiger partial charge on any atom is 0.318 e. The molecular weight excluding hydrogens is 250 g/mol. The third-order valence-corrected chi connectivity index (χ3v) is 4.61. The minimum atomic E-state index is -0.279. The molecule has 0 N–H and O–H groups in total. The molecule has 0 spiro atoms. The molecule has 0 aromatic rings. The quantitative estimate of drug-likeness (QED) is 0.719. The first kappa shape index (κ1) is 15.3. The van der Waals surface area contributed by atoms with Crippen LogP contribution in [-0.4, -0.2) is 48.0 Å². The maximum atomic E-state index is 12.0. The van der Waals surface area contributed by atoms with Gasteiger partial charge in [0.25, 0.3) is 0 Å². The lowest BCUT2D eigenvalue weighted by Gasteiger charge is -2.31. The average molecular weight is 273 g/mol. The molecule has 0 bridgehead atoms. The smallest absolute Gasteiger partial charge is 0.318 e. The molecule has 0 radical (unpaired) electrons. The van der Waals surface area contributed by atoms with Crippen LogP contribution in [0, 0.1) is 0 Å². The van der Waals surface area contributed by atoms with Crippen LogP contribution in [0.2, 0.25) is 0 Å². The third kappa shape index (κ3) is 4.52. The van der Waals surface area contributed by atoms with Crippen LogP contribution in [0.1, 0.15) is 39.0 Å². The summed E-state index contributed by atoms with van der Waals surface area (Å²) < 4.78 is 4.64. The first-order valence-electron chi connectivity index (χ1n) is 6.51. The van der Waals surface area contributed by atoms with Crippen molar-refractivity contribution in [3.63, 3.8) is 0 Å². The van der Waals surface area contributed by atoms with E-state index < -0.39 is 0 Å². The maximum absolute atomic E-state index is 12.0. The number of methoxy groups -OCH3 is 1. The molecule has 1 fully saturated rings. The molecule has 1 rings (SSSR count). The van der Waals surface area contributed by atoms with Crippen LogP contribution in [-0.2, 0) is 14.3 Å². The van der Waals surface area contributed by atoms with Crippen LogP contribution < -0.4 is 0 Å². The molecule has 0 saturated heterocycles. The number of nitrogens with zero attached hydrogens (tertiary/aromatic N) is 1. The molecule has 0 heterocycles. The summed E-state index contributed by atoms with van der Waals surface area (Å²) >= 11 is 1.34.